The smallest absolute Gasteiger partial charge is 0.162 e. The largest absolute Gasteiger partial charge is 0.493 e. The molecule has 1 heterocycles. The lowest BCUT2D eigenvalue weighted by molar-refractivity contribution is 0.355. The molecule has 3 nitrogen and oxygen atoms in total. The molecule has 0 bridgehead atoms. The number of aryl methyl sites for hydroxylation is 2. The lowest BCUT2D eigenvalue weighted by Gasteiger charge is -2.13. The number of thiophene rings is 1. The topological polar surface area (TPSA) is 30.5 Å². The second-order valence-corrected chi connectivity index (χ2v) is 5.76. The summed E-state index contributed by atoms with van der Waals surface area (Å²) in [7, 11) is 3.30. The van der Waals surface area contributed by atoms with Crippen molar-refractivity contribution in [1.29, 1.82) is 0 Å². The third kappa shape index (κ3) is 3.20. The molecule has 4 heteroatoms. The zero-order valence-electron chi connectivity index (χ0n) is 11.7. The molecule has 0 fully saturated rings. The first-order chi connectivity index (χ1) is 9.13. The second kappa shape index (κ2) is 5.97. The molecular formula is C15H19NO2S. The summed E-state index contributed by atoms with van der Waals surface area (Å²) in [6.07, 6.45) is 0. The van der Waals surface area contributed by atoms with Gasteiger partial charge in [-0.25, -0.2) is 0 Å². The summed E-state index contributed by atoms with van der Waals surface area (Å²) in [6, 6.07) is 8.27. The van der Waals surface area contributed by atoms with Crippen LogP contribution in [0.25, 0.3) is 0 Å². The third-order valence-corrected chi connectivity index (χ3v) is 3.98. The van der Waals surface area contributed by atoms with Crippen molar-refractivity contribution >= 4 is 17.0 Å². The Balaban J connectivity index is 2.15. The third-order valence-electron chi connectivity index (χ3n) is 2.98. The van der Waals surface area contributed by atoms with E-state index in [9.17, 15) is 0 Å². The van der Waals surface area contributed by atoms with Crippen LogP contribution in [0.5, 0.6) is 11.5 Å². The molecule has 0 aliphatic heterocycles. The Morgan fingerprint density at radius 2 is 1.74 bits per heavy atom. The van der Waals surface area contributed by atoms with Crippen molar-refractivity contribution in [1.82, 2.24) is 0 Å². The standard InChI is InChI=1S/C15H19NO2S/c1-10-7-14(17-3)15(18-4)8-13(10)16-9-12-6-5-11(2)19-12/h5-8,16H,9H2,1-4H3. The van der Waals surface area contributed by atoms with Crippen molar-refractivity contribution in [3.63, 3.8) is 0 Å². The van der Waals surface area contributed by atoms with E-state index in [0.29, 0.717) is 0 Å². The molecule has 19 heavy (non-hydrogen) atoms. The highest BCUT2D eigenvalue weighted by Gasteiger charge is 2.08. The molecule has 0 atom stereocenters. The molecule has 2 aromatic rings. The van der Waals surface area contributed by atoms with Crippen LogP contribution in [0.3, 0.4) is 0 Å². The van der Waals surface area contributed by atoms with Crippen LogP contribution in [0, 0.1) is 13.8 Å². The summed E-state index contributed by atoms with van der Waals surface area (Å²) in [5.74, 6) is 1.51. The van der Waals surface area contributed by atoms with Gasteiger partial charge in [0, 0.05) is 28.1 Å². The Morgan fingerprint density at radius 3 is 2.32 bits per heavy atom. The van der Waals surface area contributed by atoms with Crippen LogP contribution in [-0.4, -0.2) is 14.2 Å². The summed E-state index contributed by atoms with van der Waals surface area (Å²) in [6.45, 7) is 5.01. The molecule has 1 aromatic carbocycles. The van der Waals surface area contributed by atoms with Gasteiger partial charge in [-0.15, -0.1) is 11.3 Å². The molecule has 0 radical (unpaired) electrons. The fourth-order valence-electron chi connectivity index (χ4n) is 1.93. The van der Waals surface area contributed by atoms with Gasteiger partial charge in [-0.1, -0.05) is 0 Å². The summed E-state index contributed by atoms with van der Waals surface area (Å²) in [5, 5.41) is 3.44. The minimum Gasteiger partial charge on any atom is -0.493 e. The van der Waals surface area contributed by atoms with Gasteiger partial charge in [0.15, 0.2) is 11.5 Å². The lowest BCUT2D eigenvalue weighted by Crippen LogP contribution is -2.01. The normalized spacial score (nSPS) is 10.3. The summed E-state index contributed by atoms with van der Waals surface area (Å²) in [4.78, 5) is 2.66. The number of anilines is 1. The predicted octanol–water partition coefficient (Wildman–Crippen LogP) is 3.99. The molecule has 0 aliphatic rings. The molecule has 1 N–H and O–H groups in total. The second-order valence-electron chi connectivity index (χ2n) is 4.39. The summed E-state index contributed by atoms with van der Waals surface area (Å²) in [5.41, 5.74) is 2.22. The lowest BCUT2D eigenvalue weighted by atomic mass is 10.1. The van der Waals surface area contributed by atoms with Crippen molar-refractivity contribution in [2.45, 2.75) is 20.4 Å². The Labute approximate surface area is 118 Å². The highest BCUT2D eigenvalue weighted by atomic mass is 32.1. The van der Waals surface area contributed by atoms with Crippen LogP contribution >= 0.6 is 11.3 Å². The Bertz CT molecular complexity index is 563. The molecule has 0 saturated carbocycles. The number of nitrogens with one attached hydrogen (secondary N) is 1. The molecule has 1 aromatic heterocycles. The van der Waals surface area contributed by atoms with Crippen molar-refractivity contribution < 1.29 is 9.47 Å². The van der Waals surface area contributed by atoms with E-state index in [1.165, 1.54) is 9.75 Å². The predicted molar refractivity (Wildman–Crippen MR) is 80.7 cm³/mol. The number of benzene rings is 1. The first-order valence-electron chi connectivity index (χ1n) is 6.16. The van der Waals surface area contributed by atoms with Gasteiger partial charge in [-0.2, -0.15) is 0 Å². The van der Waals surface area contributed by atoms with E-state index in [-0.39, 0.29) is 0 Å². The number of rotatable bonds is 5. The van der Waals surface area contributed by atoms with E-state index in [0.717, 1.165) is 29.3 Å². The van der Waals surface area contributed by atoms with Gasteiger partial charge < -0.3 is 14.8 Å². The maximum atomic E-state index is 5.33. The van der Waals surface area contributed by atoms with Gasteiger partial charge in [0.05, 0.1) is 14.2 Å². The number of hydrogen-bond donors (Lipinski definition) is 1. The van der Waals surface area contributed by atoms with E-state index < -0.39 is 0 Å². The van der Waals surface area contributed by atoms with Gasteiger partial charge in [0.1, 0.15) is 0 Å². The maximum absolute atomic E-state index is 5.33. The van der Waals surface area contributed by atoms with Gasteiger partial charge >= 0.3 is 0 Å². The van der Waals surface area contributed by atoms with Crippen molar-refractivity contribution in [2.24, 2.45) is 0 Å². The van der Waals surface area contributed by atoms with Crippen LogP contribution in [0.1, 0.15) is 15.3 Å². The van der Waals surface area contributed by atoms with Gasteiger partial charge in [0.25, 0.3) is 0 Å². The molecule has 0 saturated heterocycles. The average Bonchev–Trinajstić information content (AvgIpc) is 2.82. The SMILES string of the molecule is COc1cc(C)c(NCc2ccc(C)s2)cc1OC. The Morgan fingerprint density at radius 1 is 1.05 bits per heavy atom. The van der Waals surface area contributed by atoms with E-state index in [4.69, 9.17) is 9.47 Å². The van der Waals surface area contributed by atoms with Crippen molar-refractivity contribution in [3.05, 3.63) is 39.6 Å². The summed E-state index contributed by atoms with van der Waals surface area (Å²) < 4.78 is 10.6. The molecule has 0 amide bonds. The first-order valence-corrected chi connectivity index (χ1v) is 6.97. The first kappa shape index (κ1) is 13.7. The monoisotopic (exact) mass is 277 g/mol. The average molecular weight is 277 g/mol. The van der Waals surface area contributed by atoms with E-state index >= 15 is 0 Å². The molecular weight excluding hydrogens is 258 g/mol. The van der Waals surface area contributed by atoms with Gasteiger partial charge in [0.2, 0.25) is 0 Å². The number of ether oxygens (including phenoxy) is 2. The minimum atomic E-state index is 0.748. The van der Waals surface area contributed by atoms with E-state index in [2.05, 4.69) is 31.3 Å². The fourth-order valence-corrected chi connectivity index (χ4v) is 2.76. The Hall–Kier alpha value is -1.68. The fraction of sp³-hybridized carbons (Fsp3) is 0.333. The van der Waals surface area contributed by atoms with Crippen LogP contribution in [0.4, 0.5) is 5.69 Å². The summed E-state index contributed by atoms with van der Waals surface area (Å²) >= 11 is 1.81. The van der Waals surface area contributed by atoms with Gasteiger partial charge in [-0.05, 0) is 37.6 Å². The maximum Gasteiger partial charge on any atom is 0.162 e. The van der Waals surface area contributed by atoms with Gasteiger partial charge in [-0.3, -0.25) is 0 Å². The van der Waals surface area contributed by atoms with Crippen LogP contribution in [-0.2, 0) is 6.54 Å². The number of hydrogen-bond acceptors (Lipinski definition) is 4. The zero-order chi connectivity index (χ0) is 13.8. The zero-order valence-corrected chi connectivity index (χ0v) is 12.6. The Kier molecular flexibility index (Phi) is 4.32. The van der Waals surface area contributed by atoms with Crippen LogP contribution in [0.2, 0.25) is 0 Å². The van der Waals surface area contributed by atoms with Crippen LogP contribution in [0.15, 0.2) is 24.3 Å². The highest BCUT2D eigenvalue weighted by molar-refractivity contribution is 7.11. The number of methoxy groups -OCH3 is 2. The quantitative estimate of drug-likeness (QED) is 0.896. The molecule has 102 valence electrons. The molecule has 0 spiro atoms. The molecule has 0 unspecified atom stereocenters. The van der Waals surface area contributed by atoms with Crippen molar-refractivity contribution in [3.8, 4) is 11.5 Å². The highest BCUT2D eigenvalue weighted by Crippen LogP contribution is 2.33. The molecule has 2 rings (SSSR count). The van der Waals surface area contributed by atoms with Crippen molar-refractivity contribution in [2.75, 3.05) is 19.5 Å². The molecule has 0 aliphatic carbocycles. The van der Waals surface area contributed by atoms with Crippen LogP contribution < -0.4 is 14.8 Å². The van der Waals surface area contributed by atoms with E-state index in [1.54, 1.807) is 14.2 Å². The van der Waals surface area contributed by atoms with E-state index in [1.807, 2.05) is 23.5 Å². The minimum absolute atomic E-state index is 0.748.